The monoisotopic (exact) mass is 509 g/mol. The number of aromatic amines is 1. The number of nitrogens with one attached hydrogen (secondary N) is 3. The predicted octanol–water partition coefficient (Wildman–Crippen LogP) is 6.24. The van der Waals surface area contributed by atoms with Crippen LogP contribution in [0.1, 0.15) is 29.7 Å². The molecule has 5 rings (SSSR count). The second-order valence-corrected chi connectivity index (χ2v) is 8.74. The number of amidine groups is 1. The molecule has 3 aromatic carbocycles. The number of aromatic nitrogens is 2. The fourth-order valence-corrected chi connectivity index (χ4v) is 4.26. The lowest BCUT2D eigenvalue weighted by Gasteiger charge is -2.27. The van der Waals surface area contributed by atoms with Gasteiger partial charge in [0.25, 0.3) is 5.91 Å². The molecule has 1 aromatic heterocycles. The van der Waals surface area contributed by atoms with Crippen LogP contribution in [0.25, 0.3) is 10.9 Å². The number of rotatable bonds is 4. The van der Waals surface area contributed by atoms with Crippen molar-refractivity contribution in [1.29, 1.82) is 0 Å². The molecule has 6 nitrogen and oxygen atoms in total. The van der Waals surface area contributed by atoms with Gasteiger partial charge in [0.05, 0.1) is 22.9 Å². The minimum absolute atomic E-state index is 0.285. The minimum Gasteiger partial charge on any atom is -0.343 e. The highest BCUT2D eigenvalue weighted by molar-refractivity contribution is 6.31. The molecule has 3 N–H and O–H groups in total. The van der Waals surface area contributed by atoms with Crippen molar-refractivity contribution in [3.63, 3.8) is 0 Å². The van der Waals surface area contributed by atoms with Gasteiger partial charge in [0.1, 0.15) is 11.9 Å². The number of amides is 1. The molecular formula is C26H19ClF3N5O. The van der Waals surface area contributed by atoms with Crippen LogP contribution in [0, 0.1) is 0 Å². The largest absolute Gasteiger partial charge is 0.416 e. The maximum atomic E-state index is 13.5. The molecule has 0 radical (unpaired) electrons. The number of hydrogen-bond donors (Lipinski definition) is 3. The van der Waals surface area contributed by atoms with Gasteiger partial charge >= 0.3 is 6.18 Å². The number of H-pyrrole nitrogens is 1. The average Bonchev–Trinajstić information content (AvgIpc) is 3.31. The summed E-state index contributed by atoms with van der Waals surface area (Å²) in [4.78, 5) is 18.2. The molecule has 0 spiro atoms. The molecule has 10 heteroatoms. The van der Waals surface area contributed by atoms with E-state index in [-0.39, 0.29) is 5.57 Å². The van der Waals surface area contributed by atoms with Gasteiger partial charge in [0, 0.05) is 27.4 Å². The molecule has 2 heterocycles. The molecule has 0 aliphatic carbocycles. The first-order valence-electron chi connectivity index (χ1n) is 10.9. The van der Waals surface area contributed by atoms with Crippen LogP contribution in [0.2, 0.25) is 5.02 Å². The number of nitrogens with zero attached hydrogens (tertiary/aromatic N) is 2. The molecule has 182 valence electrons. The van der Waals surface area contributed by atoms with Crippen LogP contribution in [0.3, 0.4) is 0 Å². The summed E-state index contributed by atoms with van der Waals surface area (Å²) in [6, 6.07) is 16.1. The number of allylic oxidation sites excluding steroid dienone is 1. The molecule has 0 saturated heterocycles. The third-order valence-corrected chi connectivity index (χ3v) is 6.07. The molecule has 1 aliphatic rings. The van der Waals surface area contributed by atoms with Gasteiger partial charge in [-0.25, -0.2) is 0 Å². The normalized spacial score (nSPS) is 16.0. The van der Waals surface area contributed by atoms with E-state index >= 15 is 0 Å². The summed E-state index contributed by atoms with van der Waals surface area (Å²) in [6.45, 7) is 1.73. The first-order valence-corrected chi connectivity index (χ1v) is 11.3. The van der Waals surface area contributed by atoms with Gasteiger partial charge in [-0.2, -0.15) is 18.3 Å². The zero-order chi connectivity index (χ0) is 25.4. The van der Waals surface area contributed by atoms with E-state index in [1.165, 1.54) is 12.1 Å². The summed E-state index contributed by atoms with van der Waals surface area (Å²) in [5, 5.41) is 14.2. The third kappa shape index (κ3) is 4.70. The Morgan fingerprint density at radius 1 is 1.06 bits per heavy atom. The summed E-state index contributed by atoms with van der Waals surface area (Å²) < 4.78 is 39.4. The Labute approximate surface area is 208 Å². The first kappa shape index (κ1) is 23.6. The lowest BCUT2D eigenvalue weighted by molar-refractivity contribution is -0.137. The molecule has 1 atom stereocenters. The van der Waals surface area contributed by atoms with Gasteiger partial charge in [0.2, 0.25) is 0 Å². The second-order valence-electron chi connectivity index (χ2n) is 8.30. The zero-order valence-electron chi connectivity index (χ0n) is 18.8. The number of anilines is 1. The third-order valence-electron chi connectivity index (χ3n) is 5.84. The second kappa shape index (κ2) is 9.16. The minimum atomic E-state index is -4.47. The number of alkyl halides is 3. The van der Waals surface area contributed by atoms with Crippen molar-refractivity contribution in [3.05, 3.63) is 106 Å². The van der Waals surface area contributed by atoms with Gasteiger partial charge in [-0.3, -0.25) is 14.9 Å². The molecule has 0 fully saturated rings. The Morgan fingerprint density at radius 2 is 1.83 bits per heavy atom. The topological polar surface area (TPSA) is 82.2 Å². The molecular weight excluding hydrogens is 491 g/mol. The molecule has 1 amide bonds. The zero-order valence-corrected chi connectivity index (χ0v) is 19.6. The van der Waals surface area contributed by atoms with E-state index in [0.717, 1.165) is 23.0 Å². The highest BCUT2D eigenvalue weighted by Gasteiger charge is 2.33. The Morgan fingerprint density at radius 3 is 2.56 bits per heavy atom. The van der Waals surface area contributed by atoms with E-state index in [0.29, 0.717) is 33.4 Å². The maximum Gasteiger partial charge on any atom is 0.416 e. The molecule has 1 unspecified atom stereocenters. The average molecular weight is 510 g/mol. The quantitative estimate of drug-likeness (QED) is 0.304. The van der Waals surface area contributed by atoms with Crippen molar-refractivity contribution in [2.24, 2.45) is 4.99 Å². The van der Waals surface area contributed by atoms with Crippen molar-refractivity contribution >= 4 is 39.9 Å². The first-order chi connectivity index (χ1) is 17.2. The van der Waals surface area contributed by atoms with Gasteiger partial charge in [0.15, 0.2) is 0 Å². The Hall–Kier alpha value is -4.11. The van der Waals surface area contributed by atoms with Gasteiger partial charge in [-0.15, -0.1) is 0 Å². The van der Waals surface area contributed by atoms with Gasteiger partial charge in [-0.05, 0) is 55.0 Å². The SMILES string of the molecule is CC1=C(C(=O)Nc2ccc3[nH]ncc3c2)C(c2ccc(C(F)(F)F)cc2)N=C(c2cccc(Cl)c2)N1. The number of hydrogen-bond acceptors (Lipinski definition) is 4. The number of benzene rings is 3. The fraction of sp³-hybridized carbons (Fsp3) is 0.115. The summed E-state index contributed by atoms with van der Waals surface area (Å²) >= 11 is 6.14. The van der Waals surface area contributed by atoms with Crippen LogP contribution in [-0.4, -0.2) is 21.9 Å². The Balaban J connectivity index is 1.53. The number of fused-ring (bicyclic) bond motifs is 1. The van der Waals surface area contributed by atoms with E-state index in [4.69, 9.17) is 16.6 Å². The lowest BCUT2D eigenvalue weighted by Crippen LogP contribution is -2.34. The van der Waals surface area contributed by atoms with Crippen LogP contribution < -0.4 is 10.6 Å². The Kier molecular flexibility index (Phi) is 6.01. The number of carbonyl (C=O) groups is 1. The Bertz CT molecular complexity index is 1520. The summed E-state index contributed by atoms with van der Waals surface area (Å²) in [7, 11) is 0. The molecule has 1 aliphatic heterocycles. The molecule has 4 aromatic rings. The standard InChI is InChI=1S/C26H19ClF3N5O/c1-14-22(25(36)33-20-9-10-21-17(12-20)13-31-35-21)23(15-5-7-18(8-6-15)26(28,29)30)34-24(32-14)16-3-2-4-19(27)11-16/h2-13,23H,1H3,(H,31,35)(H,32,34)(H,33,36). The molecule has 0 bridgehead atoms. The van der Waals surface area contributed by atoms with Crippen LogP contribution >= 0.6 is 11.6 Å². The molecule has 36 heavy (non-hydrogen) atoms. The number of halogens is 4. The van der Waals surface area contributed by atoms with Crippen LogP contribution in [0.15, 0.2) is 89.2 Å². The summed E-state index contributed by atoms with van der Waals surface area (Å²) in [6.07, 6.45) is -2.83. The maximum absolute atomic E-state index is 13.5. The number of aliphatic imine (C=N–C) groups is 1. The van der Waals surface area contributed by atoms with Crippen LogP contribution in [0.5, 0.6) is 0 Å². The highest BCUT2D eigenvalue weighted by atomic mass is 35.5. The van der Waals surface area contributed by atoms with E-state index < -0.39 is 23.7 Å². The smallest absolute Gasteiger partial charge is 0.343 e. The van der Waals surface area contributed by atoms with E-state index in [1.54, 1.807) is 55.6 Å². The van der Waals surface area contributed by atoms with Crippen molar-refractivity contribution in [1.82, 2.24) is 15.5 Å². The number of carbonyl (C=O) groups excluding carboxylic acids is 1. The van der Waals surface area contributed by atoms with Crippen molar-refractivity contribution in [2.45, 2.75) is 19.1 Å². The highest BCUT2D eigenvalue weighted by Crippen LogP contribution is 2.35. The fourth-order valence-electron chi connectivity index (χ4n) is 4.07. The van der Waals surface area contributed by atoms with E-state index in [1.807, 2.05) is 0 Å². The van der Waals surface area contributed by atoms with Crippen LogP contribution in [-0.2, 0) is 11.0 Å². The molecule has 0 saturated carbocycles. The summed E-state index contributed by atoms with van der Waals surface area (Å²) in [5.41, 5.74) is 2.52. The van der Waals surface area contributed by atoms with Crippen molar-refractivity contribution < 1.29 is 18.0 Å². The van der Waals surface area contributed by atoms with E-state index in [2.05, 4.69) is 20.8 Å². The van der Waals surface area contributed by atoms with Gasteiger partial charge in [-0.1, -0.05) is 35.9 Å². The van der Waals surface area contributed by atoms with Crippen molar-refractivity contribution in [3.8, 4) is 0 Å². The van der Waals surface area contributed by atoms with E-state index in [9.17, 15) is 18.0 Å². The summed E-state index contributed by atoms with van der Waals surface area (Å²) in [5.74, 6) is 0.0258. The van der Waals surface area contributed by atoms with Crippen LogP contribution in [0.4, 0.5) is 18.9 Å². The van der Waals surface area contributed by atoms with Gasteiger partial charge < -0.3 is 10.6 Å². The van der Waals surface area contributed by atoms with Crippen molar-refractivity contribution in [2.75, 3.05) is 5.32 Å². The predicted molar refractivity (Wildman–Crippen MR) is 133 cm³/mol. The lowest BCUT2D eigenvalue weighted by atomic mass is 9.94.